The van der Waals surface area contributed by atoms with Crippen LogP contribution in [0.5, 0.6) is 0 Å². The summed E-state index contributed by atoms with van der Waals surface area (Å²) in [6.45, 7) is 5.57. The molecule has 0 saturated carbocycles. The zero-order chi connectivity index (χ0) is 19.7. The van der Waals surface area contributed by atoms with E-state index in [1.54, 1.807) is 6.26 Å². The number of aryl methyl sites for hydroxylation is 2. The van der Waals surface area contributed by atoms with E-state index in [1.807, 2.05) is 25.1 Å². The van der Waals surface area contributed by atoms with Gasteiger partial charge in [0.2, 0.25) is 0 Å². The number of carbonyl (C=O) groups excluding carboxylic acids is 1. The fourth-order valence-corrected chi connectivity index (χ4v) is 4.45. The highest BCUT2D eigenvalue weighted by molar-refractivity contribution is 5.96. The van der Waals surface area contributed by atoms with Crippen LogP contribution in [0.1, 0.15) is 64.9 Å². The molecule has 1 saturated heterocycles. The molecule has 0 spiro atoms. The summed E-state index contributed by atoms with van der Waals surface area (Å²) in [5, 5.41) is 0. The van der Waals surface area contributed by atoms with Gasteiger partial charge in [-0.3, -0.25) is 4.79 Å². The quantitative estimate of drug-likeness (QED) is 0.651. The Morgan fingerprint density at radius 1 is 1.18 bits per heavy atom. The van der Waals surface area contributed by atoms with Crippen molar-refractivity contribution in [1.29, 1.82) is 0 Å². The first kappa shape index (κ1) is 18.7. The molecule has 0 bridgehead atoms. The van der Waals surface area contributed by atoms with Gasteiger partial charge in [0.25, 0.3) is 5.91 Å². The van der Waals surface area contributed by atoms with Crippen LogP contribution in [0.15, 0.2) is 47.2 Å². The van der Waals surface area contributed by atoms with Crippen LogP contribution in [0.3, 0.4) is 0 Å². The van der Waals surface area contributed by atoms with Crippen molar-refractivity contribution in [3.8, 4) is 0 Å². The third-order valence-electron chi connectivity index (χ3n) is 6.04. The molecule has 5 nitrogen and oxygen atoms in total. The van der Waals surface area contributed by atoms with Gasteiger partial charge >= 0.3 is 0 Å². The second-order valence-electron chi connectivity index (χ2n) is 7.86. The van der Waals surface area contributed by atoms with Crippen molar-refractivity contribution in [2.45, 2.75) is 52.1 Å². The van der Waals surface area contributed by atoms with Crippen molar-refractivity contribution in [1.82, 2.24) is 14.0 Å². The lowest BCUT2D eigenvalue weighted by Crippen LogP contribution is -2.35. The summed E-state index contributed by atoms with van der Waals surface area (Å²) in [6.07, 6.45) is 8.20. The Labute approximate surface area is 166 Å². The maximum atomic E-state index is 13.6. The van der Waals surface area contributed by atoms with Crippen LogP contribution in [-0.2, 0) is 13.6 Å². The molecule has 148 valence electrons. The summed E-state index contributed by atoms with van der Waals surface area (Å²) in [5.41, 5.74) is 4.13. The van der Waals surface area contributed by atoms with Crippen molar-refractivity contribution < 1.29 is 9.21 Å². The van der Waals surface area contributed by atoms with E-state index in [1.165, 1.54) is 12.1 Å². The average molecular weight is 380 g/mol. The molecule has 3 aromatic heterocycles. The summed E-state index contributed by atoms with van der Waals surface area (Å²) in [7, 11) is 2.07. The predicted octanol–water partition coefficient (Wildman–Crippen LogP) is 4.84. The Morgan fingerprint density at radius 2 is 2.04 bits per heavy atom. The number of hydrogen-bond acceptors (Lipinski definition) is 2. The van der Waals surface area contributed by atoms with Gasteiger partial charge in [0.15, 0.2) is 0 Å². The fourth-order valence-electron chi connectivity index (χ4n) is 4.45. The van der Waals surface area contributed by atoms with Crippen LogP contribution < -0.4 is 0 Å². The normalized spacial score (nSPS) is 17.7. The fraction of sp³-hybridized carbons (Fsp3) is 0.435. The van der Waals surface area contributed by atoms with E-state index in [9.17, 15) is 4.79 Å². The monoisotopic (exact) mass is 379 g/mol. The molecule has 0 aliphatic carbocycles. The Hall–Kier alpha value is -2.69. The lowest BCUT2D eigenvalue weighted by molar-refractivity contribution is 0.0673. The molecule has 4 heterocycles. The summed E-state index contributed by atoms with van der Waals surface area (Å²) < 4.78 is 9.83. The van der Waals surface area contributed by atoms with Crippen LogP contribution in [0, 0.1) is 13.8 Å². The van der Waals surface area contributed by atoms with E-state index in [2.05, 4.69) is 46.3 Å². The Balaban J connectivity index is 1.66. The number of hydrogen-bond donors (Lipinski definition) is 0. The van der Waals surface area contributed by atoms with Gasteiger partial charge in [0.1, 0.15) is 5.76 Å². The molecule has 0 unspecified atom stereocenters. The van der Waals surface area contributed by atoms with Crippen molar-refractivity contribution >= 4 is 5.91 Å². The highest BCUT2D eigenvalue weighted by Crippen LogP contribution is 2.32. The van der Waals surface area contributed by atoms with Gasteiger partial charge in [-0.25, -0.2) is 0 Å². The Morgan fingerprint density at radius 3 is 2.75 bits per heavy atom. The minimum atomic E-state index is 0.142. The average Bonchev–Trinajstić information content (AvgIpc) is 3.36. The number of nitrogens with zero attached hydrogens (tertiary/aromatic N) is 3. The molecule has 0 aromatic carbocycles. The third kappa shape index (κ3) is 3.41. The summed E-state index contributed by atoms with van der Waals surface area (Å²) in [6, 6.07) is 10.3. The molecular weight excluding hydrogens is 350 g/mol. The van der Waals surface area contributed by atoms with Gasteiger partial charge in [-0.1, -0.05) is 12.8 Å². The number of carbonyl (C=O) groups is 1. The molecule has 3 aromatic rings. The maximum Gasteiger partial charge on any atom is 0.256 e. The first-order valence-electron chi connectivity index (χ1n) is 10.2. The SMILES string of the molecule is Cc1cc(C(=O)N2CCCCC[C@H]2c2cccn2C)c(C)n1Cc1ccco1. The lowest BCUT2D eigenvalue weighted by Gasteiger charge is -2.30. The zero-order valence-corrected chi connectivity index (χ0v) is 17.0. The molecule has 1 aliphatic rings. The van der Waals surface area contributed by atoms with Crippen LogP contribution in [0.2, 0.25) is 0 Å². The summed E-state index contributed by atoms with van der Waals surface area (Å²) in [5.74, 6) is 1.05. The van der Waals surface area contributed by atoms with E-state index < -0.39 is 0 Å². The van der Waals surface area contributed by atoms with Crippen molar-refractivity contribution in [3.05, 3.63) is 71.2 Å². The lowest BCUT2D eigenvalue weighted by atomic mass is 10.1. The van der Waals surface area contributed by atoms with Gasteiger partial charge < -0.3 is 18.5 Å². The zero-order valence-electron chi connectivity index (χ0n) is 17.0. The molecular formula is C23H29N3O2. The molecule has 1 aliphatic heterocycles. The Bertz CT molecular complexity index is 949. The molecule has 0 N–H and O–H groups in total. The third-order valence-corrected chi connectivity index (χ3v) is 6.04. The topological polar surface area (TPSA) is 43.3 Å². The number of rotatable bonds is 4. The van der Waals surface area contributed by atoms with Crippen molar-refractivity contribution in [2.24, 2.45) is 7.05 Å². The van der Waals surface area contributed by atoms with E-state index in [-0.39, 0.29) is 11.9 Å². The van der Waals surface area contributed by atoms with Crippen molar-refractivity contribution in [2.75, 3.05) is 6.54 Å². The number of amides is 1. The van der Waals surface area contributed by atoms with Crippen molar-refractivity contribution in [3.63, 3.8) is 0 Å². The number of furan rings is 1. The molecule has 4 rings (SSSR count). The summed E-state index contributed by atoms with van der Waals surface area (Å²) >= 11 is 0. The first-order valence-corrected chi connectivity index (χ1v) is 10.2. The van der Waals surface area contributed by atoms with Gasteiger partial charge in [0.05, 0.1) is 24.4 Å². The maximum absolute atomic E-state index is 13.6. The van der Waals surface area contributed by atoms with Gasteiger partial charge in [-0.05, 0) is 57.0 Å². The van der Waals surface area contributed by atoms with Gasteiger partial charge in [0, 0.05) is 36.9 Å². The summed E-state index contributed by atoms with van der Waals surface area (Å²) in [4.78, 5) is 15.7. The minimum absolute atomic E-state index is 0.142. The molecule has 1 amide bonds. The molecule has 1 fully saturated rings. The molecule has 28 heavy (non-hydrogen) atoms. The second kappa shape index (κ2) is 7.74. The van der Waals surface area contributed by atoms with Gasteiger partial charge in [-0.2, -0.15) is 0 Å². The highest BCUT2D eigenvalue weighted by atomic mass is 16.3. The first-order chi connectivity index (χ1) is 13.6. The van der Waals surface area contributed by atoms with E-state index in [0.29, 0.717) is 6.54 Å². The van der Waals surface area contributed by atoms with E-state index in [0.717, 1.165) is 48.5 Å². The van der Waals surface area contributed by atoms with Crippen LogP contribution >= 0.6 is 0 Å². The van der Waals surface area contributed by atoms with Crippen LogP contribution in [0.25, 0.3) is 0 Å². The largest absolute Gasteiger partial charge is 0.467 e. The minimum Gasteiger partial charge on any atom is -0.467 e. The standard InChI is InChI=1S/C23H29N3O2/c1-17-15-20(18(2)26(17)16-19-9-8-14-28-19)23(27)25-13-6-4-5-10-22(25)21-11-7-12-24(21)3/h7-9,11-12,14-15,22H,4-6,10,13,16H2,1-3H3/t22-/m0/s1. The van der Waals surface area contributed by atoms with Gasteiger partial charge in [-0.15, -0.1) is 0 Å². The Kier molecular flexibility index (Phi) is 5.16. The molecule has 1 atom stereocenters. The molecule has 5 heteroatoms. The predicted molar refractivity (Wildman–Crippen MR) is 109 cm³/mol. The highest BCUT2D eigenvalue weighted by Gasteiger charge is 2.30. The van der Waals surface area contributed by atoms with Crippen LogP contribution in [-0.4, -0.2) is 26.5 Å². The number of likely N-dealkylation sites (tertiary alicyclic amines) is 1. The second-order valence-corrected chi connectivity index (χ2v) is 7.86. The smallest absolute Gasteiger partial charge is 0.256 e. The number of aromatic nitrogens is 2. The van der Waals surface area contributed by atoms with Crippen LogP contribution in [0.4, 0.5) is 0 Å². The molecule has 0 radical (unpaired) electrons. The van der Waals surface area contributed by atoms with E-state index in [4.69, 9.17) is 4.42 Å². The van der Waals surface area contributed by atoms with E-state index >= 15 is 0 Å².